The Kier molecular flexibility index (Phi) is 4.53. The topological polar surface area (TPSA) is 70.8 Å². The monoisotopic (exact) mass is 300 g/mol. The second kappa shape index (κ2) is 6.74. The number of fused-ring (bicyclic) bond motifs is 1. The van der Waals surface area contributed by atoms with Gasteiger partial charge in [-0.05, 0) is 25.0 Å². The van der Waals surface area contributed by atoms with Crippen molar-refractivity contribution in [3.8, 4) is 6.07 Å². The highest BCUT2D eigenvalue weighted by Gasteiger charge is 2.16. The maximum atomic E-state index is 8.70. The molecule has 5 nitrogen and oxygen atoms in total. The molecule has 1 fully saturated rings. The van der Waals surface area contributed by atoms with Crippen molar-refractivity contribution in [1.82, 2.24) is 9.97 Å². The molecule has 0 saturated carbocycles. The highest BCUT2D eigenvalue weighted by Crippen LogP contribution is 2.24. The smallest absolute Gasteiger partial charge is 0.191 e. The van der Waals surface area contributed by atoms with E-state index in [1.54, 1.807) is 0 Å². The standard InChI is InChI=1S/C15H16N4OS/c16-7-9-21-15-18-13-6-2-1-5-12(13)14(19-15)17-10-11-4-3-8-20-11/h1-2,5-6,11H,3-4,8-10H2,(H,17,18,19)/t11-/m1/s1. The van der Waals surface area contributed by atoms with Gasteiger partial charge in [-0.15, -0.1) is 0 Å². The molecule has 0 bridgehead atoms. The summed E-state index contributed by atoms with van der Waals surface area (Å²) in [5, 5.41) is 13.7. The summed E-state index contributed by atoms with van der Waals surface area (Å²) >= 11 is 1.35. The Balaban J connectivity index is 1.84. The van der Waals surface area contributed by atoms with E-state index in [-0.39, 0.29) is 6.10 Å². The van der Waals surface area contributed by atoms with Crippen LogP contribution in [0.15, 0.2) is 29.4 Å². The Labute approximate surface area is 127 Å². The van der Waals surface area contributed by atoms with Crippen LogP contribution in [0.2, 0.25) is 0 Å². The number of nitrogens with one attached hydrogen (secondary N) is 1. The van der Waals surface area contributed by atoms with Gasteiger partial charge in [-0.3, -0.25) is 0 Å². The van der Waals surface area contributed by atoms with Crippen LogP contribution >= 0.6 is 11.8 Å². The first-order valence-electron chi connectivity index (χ1n) is 6.99. The first-order valence-corrected chi connectivity index (χ1v) is 7.97. The van der Waals surface area contributed by atoms with Gasteiger partial charge in [-0.2, -0.15) is 5.26 Å². The van der Waals surface area contributed by atoms with E-state index in [0.29, 0.717) is 10.9 Å². The number of hydrogen-bond acceptors (Lipinski definition) is 6. The van der Waals surface area contributed by atoms with Gasteiger partial charge >= 0.3 is 0 Å². The Morgan fingerprint density at radius 1 is 1.38 bits per heavy atom. The quantitative estimate of drug-likeness (QED) is 0.676. The summed E-state index contributed by atoms with van der Waals surface area (Å²) in [7, 11) is 0. The van der Waals surface area contributed by atoms with Crippen molar-refractivity contribution in [1.29, 1.82) is 5.26 Å². The van der Waals surface area contributed by atoms with Crippen LogP contribution in [-0.4, -0.2) is 35.0 Å². The molecule has 2 heterocycles. The zero-order valence-corrected chi connectivity index (χ0v) is 12.4. The van der Waals surface area contributed by atoms with Crippen LogP contribution in [0.3, 0.4) is 0 Å². The van der Waals surface area contributed by atoms with E-state index in [9.17, 15) is 0 Å². The summed E-state index contributed by atoms with van der Waals surface area (Å²) in [4.78, 5) is 9.02. The first-order chi connectivity index (χ1) is 10.4. The van der Waals surface area contributed by atoms with E-state index in [2.05, 4.69) is 21.4 Å². The number of anilines is 1. The molecule has 1 aliphatic heterocycles. The van der Waals surface area contributed by atoms with Crippen molar-refractivity contribution >= 4 is 28.5 Å². The SMILES string of the molecule is N#CCSc1nc(NC[C@H]2CCCO2)c2ccccc2n1. The van der Waals surface area contributed by atoms with Crippen molar-refractivity contribution in [2.75, 3.05) is 24.2 Å². The molecule has 0 aliphatic carbocycles. The summed E-state index contributed by atoms with van der Waals surface area (Å²) in [5.74, 6) is 1.17. The summed E-state index contributed by atoms with van der Waals surface area (Å²) in [6, 6.07) is 10.0. The van der Waals surface area contributed by atoms with Gasteiger partial charge in [0.2, 0.25) is 0 Å². The third kappa shape index (κ3) is 3.43. The van der Waals surface area contributed by atoms with Gasteiger partial charge in [0.25, 0.3) is 0 Å². The molecule has 21 heavy (non-hydrogen) atoms. The fraction of sp³-hybridized carbons (Fsp3) is 0.400. The molecule has 0 spiro atoms. The predicted octanol–water partition coefficient (Wildman–Crippen LogP) is 2.84. The van der Waals surface area contributed by atoms with Crippen LogP contribution in [-0.2, 0) is 4.74 Å². The zero-order valence-electron chi connectivity index (χ0n) is 11.6. The molecule has 1 aromatic heterocycles. The number of ether oxygens (including phenoxy) is 1. The number of thioether (sulfide) groups is 1. The number of rotatable bonds is 5. The van der Waals surface area contributed by atoms with Crippen LogP contribution in [0.4, 0.5) is 5.82 Å². The molecule has 1 aromatic carbocycles. The highest BCUT2D eigenvalue weighted by molar-refractivity contribution is 7.99. The number of aromatic nitrogens is 2. The number of nitriles is 1. The Morgan fingerprint density at radius 2 is 2.29 bits per heavy atom. The molecule has 3 rings (SSSR count). The minimum Gasteiger partial charge on any atom is -0.376 e. The maximum Gasteiger partial charge on any atom is 0.191 e. The van der Waals surface area contributed by atoms with E-state index in [1.807, 2.05) is 24.3 Å². The van der Waals surface area contributed by atoms with Crippen molar-refractivity contribution in [2.45, 2.75) is 24.1 Å². The highest BCUT2D eigenvalue weighted by atomic mass is 32.2. The van der Waals surface area contributed by atoms with Crippen LogP contribution in [0, 0.1) is 11.3 Å². The summed E-state index contributed by atoms with van der Waals surface area (Å²) < 4.78 is 5.63. The third-order valence-corrected chi connectivity index (χ3v) is 4.08. The fourth-order valence-electron chi connectivity index (χ4n) is 2.37. The molecule has 1 atom stereocenters. The van der Waals surface area contributed by atoms with Gasteiger partial charge in [0, 0.05) is 18.5 Å². The molecular weight excluding hydrogens is 284 g/mol. The van der Waals surface area contributed by atoms with Gasteiger partial charge < -0.3 is 10.1 Å². The van der Waals surface area contributed by atoms with Crippen molar-refractivity contribution < 1.29 is 4.74 Å². The number of nitrogens with zero attached hydrogens (tertiary/aromatic N) is 3. The van der Waals surface area contributed by atoms with E-state index in [0.717, 1.165) is 42.7 Å². The van der Waals surface area contributed by atoms with E-state index >= 15 is 0 Å². The van der Waals surface area contributed by atoms with Gasteiger partial charge in [0.05, 0.1) is 23.4 Å². The van der Waals surface area contributed by atoms with Gasteiger partial charge in [-0.25, -0.2) is 9.97 Å². The summed E-state index contributed by atoms with van der Waals surface area (Å²) in [5.41, 5.74) is 0.891. The van der Waals surface area contributed by atoms with Crippen molar-refractivity contribution in [2.24, 2.45) is 0 Å². The average Bonchev–Trinajstić information content (AvgIpc) is 3.04. The van der Waals surface area contributed by atoms with Gasteiger partial charge in [-0.1, -0.05) is 23.9 Å². The molecule has 1 aliphatic rings. The minimum atomic E-state index is 0.258. The normalized spacial score (nSPS) is 17.8. The van der Waals surface area contributed by atoms with E-state index in [1.165, 1.54) is 11.8 Å². The first kappa shape index (κ1) is 14.1. The second-order valence-electron chi connectivity index (χ2n) is 4.83. The lowest BCUT2D eigenvalue weighted by molar-refractivity contribution is 0.120. The Morgan fingerprint density at radius 3 is 3.10 bits per heavy atom. The van der Waals surface area contributed by atoms with Crippen molar-refractivity contribution in [3.63, 3.8) is 0 Å². The minimum absolute atomic E-state index is 0.258. The number of para-hydroxylation sites is 1. The maximum absolute atomic E-state index is 8.70. The van der Waals surface area contributed by atoms with Crippen molar-refractivity contribution in [3.05, 3.63) is 24.3 Å². The summed E-state index contributed by atoms with van der Waals surface area (Å²) in [6.07, 6.45) is 2.47. The lowest BCUT2D eigenvalue weighted by Gasteiger charge is -2.13. The van der Waals surface area contributed by atoms with Crippen LogP contribution < -0.4 is 5.32 Å². The molecule has 1 saturated heterocycles. The van der Waals surface area contributed by atoms with E-state index < -0.39 is 0 Å². The second-order valence-corrected chi connectivity index (χ2v) is 5.78. The van der Waals surface area contributed by atoms with Gasteiger partial charge in [0.1, 0.15) is 5.82 Å². The Bertz CT molecular complexity index is 664. The van der Waals surface area contributed by atoms with Crippen LogP contribution in [0.5, 0.6) is 0 Å². The summed E-state index contributed by atoms with van der Waals surface area (Å²) in [6.45, 7) is 1.60. The molecule has 2 aromatic rings. The number of hydrogen-bond donors (Lipinski definition) is 1. The molecule has 6 heteroatoms. The number of benzene rings is 1. The molecule has 0 unspecified atom stereocenters. The third-order valence-electron chi connectivity index (χ3n) is 3.37. The molecule has 0 amide bonds. The van der Waals surface area contributed by atoms with Gasteiger partial charge in [0.15, 0.2) is 5.16 Å². The van der Waals surface area contributed by atoms with Crippen LogP contribution in [0.1, 0.15) is 12.8 Å². The largest absolute Gasteiger partial charge is 0.376 e. The Hall–Kier alpha value is -1.84. The molecular formula is C15H16N4OS. The zero-order chi connectivity index (χ0) is 14.5. The molecule has 108 valence electrons. The lowest BCUT2D eigenvalue weighted by atomic mass is 10.2. The average molecular weight is 300 g/mol. The lowest BCUT2D eigenvalue weighted by Crippen LogP contribution is -2.19. The van der Waals surface area contributed by atoms with Crippen LogP contribution in [0.25, 0.3) is 10.9 Å². The molecule has 1 N–H and O–H groups in total. The predicted molar refractivity (Wildman–Crippen MR) is 83.3 cm³/mol. The van der Waals surface area contributed by atoms with E-state index in [4.69, 9.17) is 10.00 Å². The fourth-order valence-corrected chi connectivity index (χ4v) is 2.88. The molecule has 0 radical (unpaired) electrons.